The number of rotatable bonds is 9. The van der Waals surface area contributed by atoms with Crippen LogP contribution in [-0.4, -0.2) is 41.6 Å². The molecule has 224 valence electrons. The van der Waals surface area contributed by atoms with Gasteiger partial charge in [0.2, 0.25) is 5.88 Å². The van der Waals surface area contributed by atoms with Crippen LogP contribution < -0.4 is 10.1 Å². The van der Waals surface area contributed by atoms with Gasteiger partial charge in [0, 0.05) is 11.1 Å². The van der Waals surface area contributed by atoms with Crippen molar-refractivity contribution in [1.82, 2.24) is 15.3 Å². The van der Waals surface area contributed by atoms with E-state index >= 15 is 0 Å². The Morgan fingerprint density at radius 3 is 1.71 bits per heavy atom. The number of esters is 2. The maximum Gasteiger partial charge on any atom is 0.311 e. The maximum atomic E-state index is 12.2. The third-order valence-electron chi connectivity index (χ3n) is 7.10. The molecule has 0 spiro atoms. The summed E-state index contributed by atoms with van der Waals surface area (Å²) >= 11 is 0. The van der Waals surface area contributed by atoms with Crippen LogP contribution >= 0.6 is 0 Å². The number of carbonyl (C=O) groups excluding carboxylic acids is 2. The lowest BCUT2D eigenvalue weighted by Gasteiger charge is -2.22. The fraction of sp³-hybridized carbons (Fsp3) is 0.471. The van der Waals surface area contributed by atoms with E-state index in [0.717, 1.165) is 53.9 Å². The molecule has 8 nitrogen and oxygen atoms in total. The average molecular weight is 574 g/mol. The minimum absolute atomic E-state index is 0.204. The summed E-state index contributed by atoms with van der Waals surface area (Å²) in [5.41, 5.74) is 3.85. The molecule has 0 aliphatic carbocycles. The van der Waals surface area contributed by atoms with Crippen LogP contribution in [0.2, 0.25) is 0 Å². The predicted molar refractivity (Wildman–Crippen MR) is 162 cm³/mol. The Bertz CT molecular complexity index is 1350. The lowest BCUT2D eigenvalue weighted by Crippen LogP contribution is -2.30. The van der Waals surface area contributed by atoms with E-state index < -0.39 is 10.8 Å². The van der Waals surface area contributed by atoms with Crippen LogP contribution in [0.4, 0.5) is 0 Å². The van der Waals surface area contributed by atoms with E-state index in [9.17, 15) is 9.59 Å². The van der Waals surface area contributed by atoms with Gasteiger partial charge < -0.3 is 19.5 Å². The molecule has 1 aliphatic heterocycles. The van der Waals surface area contributed by atoms with Crippen LogP contribution in [0.5, 0.6) is 5.88 Å². The largest absolute Gasteiger partial charge is 0.476 e. The second-order valence-corrected chi connectivity index (χ2v) is 13.0. The highest BCUT2D eigenvalue weighted by Gasteiger charge is 2.24. The summed E-state index contributed by atoms with van der Waals surface area (Å²) in [6, 6.07) is 15.6. The Morgan fingerprint density at radius 2 is 1.24 bits per heavy atom. The first kappa shape index (κ1) is 31.2. The molecule has 0 atom stereocenters. The molecule has 0 amide bonds. The third-order valence-corrected chi connectivity index (χ3v) is 7.10. The zero-order valence-corrected chi connectivity index (χ0v) is 25.7. The van der Waals surface area contributed by atoms with Gasteiger partial charge in [0.25, 0.3) is 0 Å². The van der Waals surface area contributed by atoms with Crippen LogP contribution in [-0.2, 0) is 32.3 Å². The number of nitrogens with zero attached hydrogens (tertiary/aromatic N) is 2. The molecule has 4 rings (SSSR count). The van der Waals surface area contributed by atoms with Gasteiger partial charge in [-0.25, -0.2) is 9.97 Å². The molecule has 8 heteroatoms. The van der Waals surface area contributed by atoms with Gasteiger partial charge in [-0.1, -0.05) is 48.5 Å². The Hall–Kier alpha value is -3.78. The van der Waals surface area contributed by atoms with Crippen molar-refractivity contribution in [2.45, 2.75) is 67.6 Å². The fourth-order valence-corrected chi connectivity index (χ4v) is 4.36. The Morgan fingerprint density at radius 1 is 0.762 bits per heavy atom. The van der Waals surface area contributed by atoms with E-state index in [4.69, 9.17) is 24.2 Å². The van der Waals surface area contributed by atoms with Crippen LogP contribution in [0.25, 0.3) is 22.5 Å². The van der Waals surface area contributed by atoms with Crippen molar-refractivity contribution in [3.8, 4) is 28.4 Å². The lowest BCUT2D eigenvalue weighted by molar-refractivity contribution is -0.155. The van der Waals surface area contributed by atoms with E-state index in [-0.39, 0.29) is 25.2 Å². The zero-order valence-electron chi connectivity index (χ0n) is 25.7. The molecule has 3 aromatic rings. The normalized spacial score (nSPS) is 14.3. The number of nitrogens with one attached hydrogen (secondary N) is 1. The molecule has 1 aliphatic rings. The predicted octanol–water partition coefficient (Wildman–Crippen LogP) is 6.37. The van der Waals surface area contributed by atoms with Crippen molar-refractivity contribution in [2.75, 3.05) is 19.7 Å². The number of benzene rings is 2. The van der Waals surface area contributed by atoms with Crippen LogP contribution in [0.1, 0.15) is 65.5 Å². The molecule has 2 heterocycles. The average Bonchev–Trinajstić information content (AvgIpc) is 2.97. The number of carbonyl (C=O) groups is 2. The van der Waals surface area contributed by atoms with Crippen LogP contribution in [0, 0.1) is 16.7 Å². The summed E-state index contributed by atoms with van der Waals surface area (Å²) in [6.45, 7) is 14.1. The van der Waals surface area contributed by atoms with Crippen molar-refractivity contribution < 1.29 is 23.8 Å². The van der Waals surface area contributed by atoms with Crippen molar-refractivity contribution >= 4 is 11.9 Å². The molecule has 1 saturated heterocycles. The van der Waals surface area contributed by atoms with Crippen LogP contribution in [0.3, 0.4) is 0 Å². The highest BCUT2D eigenvalue weighted by molar-refractivity contribution is 5.79. The number of ether oxygens (including phenoxy) is 3. The summed E-state index contributed by atoms with van der Waals surface area (Å²) in [5, 5.41) is 3.38. The van der Waals surface area contributed by atoms with E-state index in [2.05, 4.69) is 5.32 Å². The summed E-state index contributed by atoms with van der Waals surface area (Å²) in [5.74, 6) is 0.499. The smallest absolute Gasteiger partial charge is 0.311 e. The summed E-state index contributed by atoms with van der Waals surface area (Å²) in [6.07, 6.45) is 3.84. The Kier molecular flexibility index (Phi) is 9.99. The summed E-state index contributed by atoms with van der Waals surface area (Å²) < 4.78 is 17.1. The highest BCUT2D eigenvalue weighted by atomic mass is 16.5. The quantitative estimate of drug-likeness (QED) is 0.295. The van der Waals surface area contributed by atoms with Gasteiger partial charge in [-0.15, -0.1) is 0 Å². The molecule has 0 radical (unpaired) electrons. The third kappa shape index (κ3) is 8.61. The first-order valence-corrected chi connectivity index (χ1v) is 14.6. The topological polar surface area (TPSA) is 99.6 Å². The lowest BCUT2D eigenvalue weighted by atomic mass is 9.97. The van der Waals surface area contributed by atoms with Gasteiger partial charge in [-0.05, 0) is 84.5 Å². The molecule has 1 fully saturated rings. The maximum absolute atomic E-state index is 12.2. The first-order chi connectivity index (χ1) is 19.9. The zero-order chi connectivity index (χ0) is 30.3. The molecule has 0 bridgehead atoms. The first-order valence-electron chi connectivity index (χ1n) is 14.6. The number of piperidine rings is 1. The monoisotopic (exact) mass is 573 g/mol. The second kappa shape index (κ2) is 13.5. The van der Waals surface area contributed by atoms with E-state index in [1.807, 2.05) is 90.1 Å². The molecule has 42 heavy (non-hydrogen) atoms. The van der Waals surface area contributed by atoms with Gasteiger partial charge in [0.05, 0.1) is 29.3 Å². The van der Waals surface area contributed by atoms with Crippen molar-refractivity contribution in [1.29, 1.82) is 0 Å². The minimum Gasteiger partial charge on any atom is -0.476 e. The number of aromatic nitrogens is 2. The van der Waals surface area contributed by atoms with Gasteiger partial charge in [-0.2, -0.15) is 0 Å². The summed E-state index contributed by atoms with van der Waals surface area (Å²) in [7, 11) is 0. The number of hydrogen-bond donors (Lipinski definition) is 1. The SMILES string of the molecule is CC(C)(C)C(=O)OCc1ccc(-c2ncc(OCC3CCNCC3)nc2-c2ccc(COC(=O)C(C)(C)C)cc2)cc1. The minimum atomic E-state index is -0.553. The molecular formula is C34H43N3O5. The Labute approximate surface area is 249 Å². The van der Waals surface area contributed by atoms with Crippen molar-refractivity contribution in [3.05, 3.63) is 65.9 Å². The molecule has 2 aromatic carbocycles. The van der Waals surface area contributed by atoms with Gasteiger partial charge in [0.15, 0.2) is 0 Å². The number of hydrogen-bond acceptors (Lipinski definition) is 8. The molecular weight excluding hydrogens is 530 g/mol. The molecule has 1 aromatic heterocycles. The van der Waals surface area contributed by atoms with E-state index in [1.165, 1.54) is 0 Å². The van der Waals surface area contributed by atoms with Crippen molar-refractivity contribution in [2.24, 2.45) is 16.7 Å². The molecule has 0 unspecified atom stereocenters. The van der Waals surface area contributed by atoms with Gasteiger partial charge in [-0.3, -0.25) is 9.59 Å². The molecule has 0 saturated carbocycles. The highest BCUT2D eigenvalue weighted by Crippen LogP contribution is 2.31. The fourth-order valence-electron chi connectivity index (χ4n) is 4.36. The Balaban J connectivity index is 1.56. The molecule has 1 N–H and O–H groups in total. The van der Waals surface area contributed by atoms with Crippen LogP contribution in [0.15, 0.2) is 54.7 Å². The van der Waals surface area contributed by atoms with E-state index in [0.29, 0.717) is 24.1 Å². The van der Waals surface area contributed by atoms with Gasteiger partial charge >= 0.3 is 11.9 Å². The second-order valence-electron chi connectivity index (χ2n) is 13.0. The van der Waals surface area contributed by atoms with Gasteiger partial charge in [0.1, 0.15) is 18.9 Å². The van der Waals surface area contributed by atoms with Crippen molar-refractivity contribution in [3.63, 3.8) is 0 Å². The summed E-state index contributed by atoms with van der Waals surface area (Å²) in [4.78, 5) is 34.1. The standard InChI is InChI=1S/C34H43N3O5/c1-33(2,3)31(38)41-21-23-7-11-26(12-8-23)29-30(37-28(19-36-29)40-20-25-15-17-35-18-16-25)27-13-9-24(10-14-27)22-42-32(39)34(4,5)6/h7-14,19,25,35H,15-18,20-22H2,1-6H3. The van der Waals surface area contributed by atoms with E-state index in [1.54, 1.807) is 6.20 Å².